The Kier molecular flexibility index (Phi) is 3.63. The first kappa shape index (κ1) is 12.3. The van der Waals surface area contributed by atoms with Crippen LogP contribution < -0.4 is 0 Å². The normalized spacial score (nSPS) is 18.5. The Morgan fingerprint density at radius 3 is 2.76 bits per heavy atom. The van der Waals surface area contributed by atoms with Gasteiger partial charge in [-0.2, -0.15) is 5.10 Å². The van der Waals surface area contributed by atoms with Crippen molar-refractivity contribution < 1.29 is 4.79 Å². The van der Waals surface area contributed by atoms with Gasteiger partial charge < -0.3 is 0 Å². The van der Waals surface area contributed by atoms with Gasteiger partial charge in [0, 0.05) is 19.3 Å². The molecule has 0 atom stereocenters. The van der Waals surface area contributed by atoms with Gasteiger partial charge in [-0.1, -0.05) is 24.0 Å². The predicted molar refractivity (Wildman–Crippen MR) is 73.5 cm³/mol. The molecule has 4 nitrogen and oxygen atoms in total. The molecule has 1 aliphatic rings. The smallest absolute Gasteiger partial charge is 0.266 e. The molecule has 1 fully saturated rings. The van der Waals surface area contributed by atoms with Crippen molar-refractivity contribution in [1.82, 2.24) is 14.7 Å². The number of nitrogens with zero attached hydrogens (tertiary/aromatic N) is 3. The Morgan fingerprint density at radius 1 is 1.47 bits per heavy atom. The van der Waals surface area contributed by atoms with Crippen LogP contribution in [0.25, 0.3) is 6.08 Å². The van der Waals surface area contributed by atoms with Crippen LogP contribution in [0.2, 0.25) is 0 Å². The molecule has 1 saturated heterocycles. The molecule has 2 heterocycles. The molecule has 90 valence electrons. The van der Waals surface area contributed by atoms with Gasteiger partial charge in [0.05, 0.1) is 10.6 Å². The first-order chi connectivity index (χ1) is 8.15. The van der Waals surface area contributed by atoms with Gasteiger partial charge >= 0.3 is 0 Å². The highest BCUT2D eigenvalue weighted by Crippen LogP contribution is 2.31. The number of likely N-dealkylation sites (N-methyl/N-ethyl adjacent to an activating group) is 1. The van der Waals surface area contributed by atoms with Crippen LogP contribution in [-0.4, -0.2) is 31.5 Å². The molecule has 0 radical (unpaired) electrons. The lowest BCUT2D eigenvalue weighted by Gasteiger charge is -2.09. The topological polar surface area (TPSA) is 38.1 Å². The average Bonchev–Trinajstić information content (AvgIpc) is 2.86. The molecule has 0 aromatic carbocycles. The maximum Gasteiger partial charge on any atom is 0.266 e. The summed E-state index contributed by atoms with van der Waals surface area (Å²) in [5.41, 5.74) is 0.795. The summed E-state index contributed by atoms with van der Waals surface area (Å²) in [6.07, 6.45) is 3.69. The van der Waals surface area contributed by atoms with Gasteiger partial charge in [0.15, 0.2) is 0 Å². The SMILES string of the molecule is CCN1C(=O)C(=Cc2ccn(CC)n2)SC1=S. The maximum absolute atomic E-state index is 11.9. The molecule has 1 aromatic rings. The Bertz CT molecular complexity index is 493. The third-order valence-electron chi connectivity index (χ3n) is 2.45. The van der Waals surface area contributed by atoms with E-state index < -0.39 is 0 Å². The van der Waals surface area contributed by atoms with E-state index in [0.29, 0.717) is 15.8 Å². The van der Waals surface area contributed by atoms with Crippen LogP contribution in [0.15, 0.2) is 17.2 Å². The van der Waals surface area contributed by atoms with E-state index in [1.54, 1.807) is 11.0 Å². The largest absolute Gasteiger partial charge is 0.293 e. The van der Waals surface area contributed by atoms with E-state index in [4.69, 9.17) is 12.2 Å². The molecule has 0 spiro atoms. The van der Waals surface area contributed by atoms with Gasteiger partial charge in [-0.15, -0.1) is 0 Å². The Morgan fingerprint density at radius 2 is 2.24 bits per heavy atom. The second-order valence-electron chi connectivity index (χ2n) is 3.52. The van der Waals surface area contributed by atoms with E-state index in [1.165, 1.54) is 11.8 Å². The monoisotopic (exact) mass is 267 g/mol. The molecule has 0 aliphatic carbocycles. The van der Waals surface area contributed by atoms with Crippen LogP contribution >= 0.6 is 24.0 Å². The third-order valence-corrected chi connectivity index (χ3v) is 3.83. The molecular weight excluding hydrogens is 254 g/mol. The van der Waals surface area contributed by atoms with Crippen molar-refractivity contribution in [3.63, 3.8) is 0 Å². The molecular formula is C11H13N3OS2. The molecule has 6 heteroatoms. The minimum absolute atomic E-state index is 0.0199. The fourth-order valence-electron chi connectivity index (χ4n) is 1.54. The van der Waals surface area contributed by atoms with E-state index in [0.717, 1.165) is 12.2 Å². The fourth-order valence-corrected chi connectivity index (χ4v) is 2.91. The van der Waals surface area contributed by atoms with Crippen LogP contribution in [0.4, 0.5) is 0 Å². The summed E-state index contributed by atoms with van der Waals surface area (Å²) in [6.45, 7) is 5.38. The van der Waals surface area contributed by atoms with Crippen LogP contribution in [0.3, 0.4) is 0 Å². The highest BCUT2D eigenvalue weighted by atomic mass is 32.2. The number of hydrogen-bond donors (Lipinski definition) is 0. The minimum atomic E-state index is -0.0199. The van der Waals surface area contributed by atoms with Crippen LogP contribution in [-0.2, 0) is 11.3 Å². The molecule has 0 N–H and O–H groups in total. The molecule has 1 aromatic heterocycles. The van der Waals surface area contributed by atoms with Crippen molar-refractivity contribution in [1.29, 1.82) is 0 Å². The van der Waals surface area contributed by atoms with Crippen LogP contribution in [0, 0.1) is 0 Å². The summed E-state index contributed by atoms with van der Waals surface area (Å²) in [4.78, 5) is 14.2. The van der Waals surface area contributed by atoms with Gasteiger partial charge in [0.25, 0.3) is 5.91 Å². The van der Waals surface area contributed by atoms with E-state index in [2.05, 4.69) is 5.10 Å². The van der Waals surface area contributed by atoms with E-state index in [9.17, 15) is 4.79 Å². The molecule has 0 unspecified atom stereocenters. The molecule has 0 bridgehead atoms. The maximum atomic E-state index is 11.9. The minimum Gasteiger partial charge on any atom is -0.293 e. The lowest BCUT2D eigenvalue weighted by Crippen LogP contribution is -2.27. The number of thioether (sulfide) groups is 1. The number of hydrogen-bond acceptors (Lipinski definition) is 4. The fraction of sp³-hybridized carbons (Fsp3) is 0.364. The number of thiocarbonyl (C=S) groups is 1. The summed E-state index contributed by atoms with van der Waals surface area (Å²) in [5.74, 6) is -0.0199. The van der Waals surface area contributed by atoms with Crippen molar-refractivity contribution in [2.24, 2.45) is 0 Å². The first-order valence-electron chi connectivity index (χ1n) is 5.44. The number of aromatic nitrogens is 2. The van der Waals surface area contributed by atoms with E-state index in [1.807, 2.05) is 30.8 Å². The molecule has 1 aliphatic heterocycles. The number of amides is 1. The second kappa shape index (κ2) is 5.01. The summed E-state index contributed by atoms with van der Waals surface area (Å²) >= 11 is 6.48. The third kappa shape index (κ3) is 2.42. The number of carbonyl (C=O) groups is 1. The molecule has 0 saturated carbocycles. The van der Waals surface area contributed by atoms with Crippen LogP contribution in [0.5, 0.6) is 0 Å². The number of carbonyl (C=O) groups excluding carboxylic acids is 1. The van der Waals surface area contributed by atoms with Gasteiger partial charge in [-0.3, -0.25) is 14.4 Å². The van der Waals surface area contributed by atoms with Gasteiger partial charge in [-0.25, -0.2) is 0 Å². The van der Waals surface area contributed by atoms with Gasteiger partial charge in [-0.05, 0) is 26.0 Å². The Hall–Kier alpha value is -1.14. The zero-order valence-corrected chi connectivity index (χ0v) is 11.3. The summed E-state index contributed by atoms with van der Waals surface area (Å²) in [7, 11) is 0. The highest BCUT2D eigenvalue weighted by molar-refractivity contribution is 8.26. The highest BCUT2D eigenvalue weighted by Gasteiger charge is 2.30. The Labute approximate surface area is 110 Å². The lowest BCUT2D eigenvalue weighted by atomic mass is 10.3. The molecule has 17 heavy (non-hydrogen) atoms. The Balaban J connectivity index is 2.23. The van der Waals surface area contributed by atoms with Crippen molar-refractivity contribution in [2.75, 3.05) is 6.54 Å². The first-order valence-corrected chi connectivity index (χ1v) is 6.67. The van der Waals surface area contributed by atoms with Crippen molar-refractivity contribution in [3.05, 3.63) is 22.9 Å². The standard InChI is InChI=1S/C11H13N3OS2/c1-3-13-6-5-8(12-13)7-9-10(15)14(4-2)11(16)17-9/h5-7H,3-4H2,1-2H3. The molecule has 2 rings (SSSR count). The van der Waals surface area contributed by atoms with E-state index in [-0.39, 0.29) is 5.91 Å². The second-order valence-corrected chi connectivity index (χ2v) is 5.20. The van der Waals surface area contributed by atoms with Gasteiger partial charge in [0.2, 0.25) is 0 Å². The zero-order valence-electron chi connectivity index (χ0n) is 9.71. The van der Waals surface area contributed by atoms with Crippen molar-refractivity contribution in [2.45, 2.75) is 20.4 Å². The van der Waals surface area contributed by atoms with Crippen molar-refractivity contribution >= 4 is 40.3 Å². The lowest BCUT2D eigenvalue weighted by molar-refractivity contribution is -0.121. The number of rotatable bonds is 3. The van der Waals surface area contributed by atoms with Crippen LogP contribution in [0.1, 0.15) is 19.5 Å². The quantitative estimate of drug-likeness (QED) is 0.621. The summed E-state index contributed by atoms with van der Waals surface area (Å²) in [6, 6.07) is 1.89. The van der Waals surface area contributed by atoms with Gasteiger partial charge in [0.1, 0.15) is 4.32 Å². The average molecular weight is 267 g/mol. The molecule has 1 amide bonds. The van der Waals surface area contributed by atoms with E-state index >= 15 is 0 Å². The summed E-state index contributed by atoms with van der Waals surface area (Å²) in [5, 5.41) is 4.32. The summed E-state index contributed by atoms with van der Waals surface area (Å²) < 4.78 is 2.45. The zero-order chi connectivity index (χ0) is 12.4. The number of aryl methyl sites for hydroxylation is 1. The predicted octanol–water partition coefficient (Wildman–Crippen LogP) is 2.12. The van der Waals surface area contributed by atoms with Crippen molar-refractivity contribution in [3.8, 4) is 0 Å².